The van der Waals surface area contributed by atoms with Gasteiger partial charge < -0.3 is 4.74 Å². The molecule has 12 heteroatoms. The molecule has 1 amide bonds. The third kappa shape index (κ3) is 5.04. The van der Waals surface area contributed by atoms with Crippen LogP contribution in [0.4, 0.5) is 10.6 Å². The first-order valence-electron chi connectivity index (χ1n) is 8.94. The van der Waals surface area contributed by atoms with E-state index in [-0.39, 0.29) is 11.8 Å². The van der Waals surface area contributed by atoms with E-state index in [2.05, 4.69) is 43.2 Å². The van der Waals surface area contributed by atoms with Crippen molar-refractivity contribution in [2.24, 2.45) is 0 Å². The lowest BCUT2D eigenvalue weighted by Gasteiger charge is -2.24. The highest BCUT2D eigenvalue weighted by molar-refractivity contribution is 7.81. The molecular formula is C18H16ClN7O2S2. The molecule has 1 aromatic carbocycles. The van der Waals surface area contributed by atoms with E-state index in [1.54, 1.807) is 35.8 Å². The molecule has 1 N–H and O–H groups in total. The molecule has 0 spiro atoms. The standard InChI is InChI=1S/C18H16ClN7O2S2/c19-11-1-3-12(4-2-11)28-18(27)26(9-13(29)5-7-15-22-24-25-23-15)16-8-6-14-17(21-16)30-10-20-14/h1-4,6,8,10,13,29H,5,7,9H2,(H,22,23,24,25). The van der Waals surface area contributed by atoms with E-state index < -0.39 is 6.09 Å². The van der Waals surface area contributed by atoms with Gasteiger partial charge in [0.2, 0.25) is 0 Å². The van der Waals surface area contributed by atoms with Crippen LogP contribution in [0.2, 0.25) is 5.02 Å². The van der Waals surface area contributed by atoms with E-state index in [9.17, 15) is 4.79 Å². The Kier molecular flexibility index (Phi) is 6.41. The zero-order valence-electron chi connectivity index (χ0n) is 15.5. The summed E-state index contributed by atoms with van der Waals surface area (Å²) < 4.78 is 5.53. The molecule has 0 aliphatic rings. The van der Waals surface area contributed by atoms with E-state index in [0.29, 0.717) is 35.3 Å². The van der Waals surface area contributed by atoms with Gasteiger partial charge in [0.15, 0.2) is 5.82 Å². The van der Waals surface area contributed by atoms with Crippen LogP contribution in [0.3, 0.4) is 0 Å². The number of carbonyl (C=O) groups is 1. The summed E-state index contributed by atoms with van der Waals surface area (Å²) in [6.45, 7) is 0.282. The lowest BCUT2D eigenvalue weighted by molar-refractivity contribution is 0.207. The number of thiol groups is 1. The maximum absolute atomic E-state index is 13.0. The molecule has 4 rings (SSSR count). The number of benzene rings is 1. The highest BCUT2D eigenvalue weighted by atomic mass is 35.5. The molecule has 30 heavy (non-hydrogen) atoms. The second-order valence-corrected chi connectivity index (χ2v) is 8.30. The number of halogens is 1. The second kappa shape index (κ2) is 9.37. The first kappa shape index (κ1) is 20.5. The Morgan fingerprint density at radius 2 is 2.10 bits per heavy atom. The van der Waals surface area contributed by atoms with Gasteiger partial charge in [-0.25, -0.2) is 14.8 Å². The van der Waals surface area contributed by atoms with Crippen LogP contribution >= 0.6 is 35.6 Å². The van der Waals surface area contributed by atoms with Crippen LogP contribution in [0.5, 0.6) is 5.75 Å². The zero-order valence-corrected chi connectivity index (χ0v) is 17.9. The Morgan fingerprint density at radius 3 is 2.87 bits per heavy atom. The third-order valence-corrected chi connectivity index (χ3v) is 5.59. The van der Waals surface area contributed by atoms with Gasteiger partial charge in [0.1, 0.15) is 21.9 Å². The molecule has 3 aromatic heterocycles. The quantitative estimate of drug-likeness (QED) is 0.403. The van der Waals surface area contributed by atoms with Crippen LogP contribution in [0.25, 0.3) is 10.3 Å². The summed E-state index contributed by atoms with van der Waals surface area (Å²) in [5.74, 6) is 1.44. The molecule has 1 atom stereocenters. The Labute approximate surface area is 185 Å². The number of amides is 1. The first-order valence-corrected chi connectivity index (χ1v) is 10.7. The molecule has 3 heterocycles. The number of hydrogen-bond donors (Lipinski definition) is 2. The number of aryl methyl sites for hydroxylation is 1. The average Bonchev–Trinajstić information content (AvgIpc) is 3.43. The number of thiazole rings is 1. The normalized spacial score (nSPS) is 12.1. The number of pyridine rings is 1. The predicted octanol–water partition coefficient (Wildman–Crippen LogP) is 3.79. The minimum atomic E-state index is -0.563. The Morgan fingerprint density at radius 1 is 1.27 bits per heavy atom. The number of anilines is 1. The summed E-state index contributed by atoms with van der Waals surface area (Å²) in [7, 11) is 0. The summed E-state index contributed by atoms with van der Waals surface area (Å²) in [5, 5.41) is 14.2. The SMILES string of the molecule is O=C(Oc1ccc(Cl)cc1)N(CC(S)CCc1nn[nH]n1)c1ccc2ncsc2n1. The van der Waals surface area contributed by atoms with Gasteiger partial charge in [-0.1, -0.05) is 16.8 Å². The first-order chi connectivity index (χ1) is 14.6. The summed E-state index contributed by atoms with van der Waals surface area (Å²) >= 11 is 11.9. The van der Waals surface area contributed by atoms with Crippen molar-refractivity contribution in [2.45, 2.75) is 18.1 Å². The molecule has 0 aliphatic carbocycles. The molecule has 0 saturated carbocycles. The third-order valence-electron chi connectivity index (χ3n) is 4.18. The van der Waals surface area contributed by atoms with E-state index in [1.807, 2.05) is 6.07 Å². The maximum Gasteiger partial charge on any atom is 0.420 e. The van der Waals surface area contributed by atoms with Crippen molar-refractivity contribution in [3.63, 3.8) is 0 Å². The van der Waals surface area contributed by atoms with E-state index >= 15 is 0 Å². The monoisotopic (exact) mass is 461 g/mol. The van der Waals surface area contributed by atoms with Crippen molar-refractivity contribution < 1.29 is 9.53 Å². The molecule has 0 fully saturated rings. The number of nitrogens with zero attached hydrogens (tertiary/aromatic N) is 6. The largest absolute Gasteiger partial charge is 0.420 e. The van der Waals surface area contributed by atoms with Crippen molar-refractivity contribution in [3.8, 4) is 5.75 Å². The molecule has 0 bridgehead atoms. The van der Waals surface area contributed by atoms with Crippen LogP contribution < -0.4 is 9.64 Å². The van der Waals surface area contributed by atoms with Crippen molar-refractivity contribution in [1.29, 1.82) is 0 Å². The van der Waals surface area contributed by atoms with Crippen molar-refractivity contribution in [3.05, 3.63) is 52.8 Å². The number of aromatic nitrogens is 6. The molecule has 4 aromatic rings. The topological polar surface area (TPSA) is 110 Å². The number of nitrogens with one attached hydrogen (secondary N) is 1. The fourth-order valence-corrected chi connectivity index (χ4v) is 3.77. The van der Waals surface area contributed by atoms with Crippen LogP contribution in [-0.2, 0) is 6.42 Å². The second-order valence-electron chi connectivity index (χ2n) is 6.30. The predicted molar refractivity (Wildman–Crippen MR) is 118 cm³/mol. The summed E-state index contributed by atoms with van der Waals surface area (Å²) in [6.07, 6.45) is 0.648. The minimum absolute atomic E-state index is 0.166. The number of aromatic amines is 1. The van der Waals surface area contributed by atoms with Gasteiger partial charge in [0.25, 0.3) is 0 Å². The Balaban J connectivity index is 1.53. The van der Waals surface area contributed by atoms with Gasteiger partial charge in [-0.3, -0.25) is 4.90 Å². The Hall–Kier alpha value is -2.76. The van der Waals surface area contributed by atoms with Crippen molar-refractivity contribution in [2.75, 3.05) is 11.4 Å². The Bertz CT molecular complexity index is 1120. The van der Waals surface area contributed by atoms with Gasteiger partial charge >= 0.3 is 6.09 Å². The number of H-pyrrole nitrogens is 1. The lowest BCUT2D eigenvalue weighted by Crippen LogP contribution is -2.38. The van der Waals surface area contributed by atoms with Gasteiger partial charge in [-0.05, 0) is 42.8 Å². The fraction of sp³-hybridized carbons (Fsp3) is 0.222. The molecule has 0 aliphatic heterocycles. The number of carbonyl (C=O) groups excluding carboxylic acids is 1. The lowest BCUT2D eigenvalue weighted by atomic mass is 10.2. The summed E-state index contributed by atoms with van der Waals surface area (Å²) in [4.78, 5) is 24.0. The van der Waals surface area contributed by atoms with Crippen LogP contribution in [0, 0.1) is 0 Å². The molecule has 1 unspecified atom stereocenters. The summed E-state index contributed by atoms with van der Waals surface area (Å²) in [6, 6.07) is 10.1. The summed E-state index contributed by atoms with van der Waals surface area (Å²) in [5.41, 5.74) is 2.48. The number of fused-ring (bicyclic) bond motifs is 1. The zero-order chi connectivity index (χ0) is 20.9. The van der Waals surface area contributed by atoms with Gasteiger partial charge in [-0.15, -0.1) is 21.5 Å². The van der Waals surface area contributed by atoms with Crippen molar-refractivity contribution in [1.82, 2.24) is 30.6 Å². The number of rotatable bonds is 7. The number of tetrazole rings is 1. The molecule has 0 saturated heterocycles. The smallest absolute Gasteiger partial charge is 0.410 e. The fourth-order valence-electron chi connectivity index (χ4n) is 2.70. The van der Waals surface area contributed by atoms with Gasteiger partial charge in [0, 0.05) is 23.2 Å². The van der Waals surface area contributed by atoms with E-state index in [0.717, 1.165) is 10.3 Å². The van der Waals surface area contributed by atoms with Gasteiger partial charge in [-0.2, -0.15) is 17.8 Å². The highest BCUT2D eigenvalue weighted by Crippen LogP contribution is 2.23. The number of ether oxygens (including phenoxy) is 1. The molecule has 154 valence electrons. The molecule has 9 nitrogen and oxygen atoms in total. The number of hydrogen-bond acceptors (Lipinski definition) is 9. The highest BCUT2D eigenvalue weighted by Gasteiger charge is 2.23. The van der Waals surface area contributed by atoms with Crippen LogP contribution in [-0.4, -0.2) is 48.5 Å². The van der Waals surface area contributed by atoms with Crippen LogP contribution in [0.15, 0.2) is 41.9 Å². The minimum Gasteiger partial charge on any atom is -0.410 e. The van der Waals surface area contributed by atoms with E-state index in [4.69, 9.17) is 16.3 Å². The molecular weight excluding hydrogens is 446 g/mol. The molecule has 0 radical (unpaired) electrons. The maximum atomic E-state index is 13.0. The van der Waals surface area contributed by atoms with Crippen molar-refractivity contribution >= 4 is 57.8 Å². The van der Waals surface area contributed by atoms with Gasteiger partial charge in [0.05, 0.1) is 5.51 Å². The average molecular weight is 462 g/mol. The van der Waals surface area contributed by atoms with Crippen LogP contribution in [0.1, 0.15) is 12.2 Å². The van der Waals surface area contributed by atoms with E-state index in [1.165, 1.54) is 16.2 Å².